The number of nitrogens with one attached hydrogen (secondary N) is 1. The van der Waals surface area contributed by atoms with Gasteiger partial charge in [0.2, 0.25) is 0 Å². The molecule has 0 radical (unpaired) electrons. The number of benzene rings is 1. The summed E-state index contributed by atoms with van der Waals surface area (Å²) < 4.78 is 22.7. The Morgan fingerprint density at radius 3 is 2.16 bits per heavy atom. The number of hydrogen-bond acceptors (Lipinski definition) is 4. The summed E-state index contributed by atoms with van der Waals surface area (Å²) >= 11 is 0. The molecule has 1 unspecified atom stereocenters. The van der Waals surface area contributed by atoms with Crippen LogP contribution in [0.1, 0.15) is 18.5 Å². The van der Waals surface area contributed by atoms with Gasteiger partial charge in [0.1, 0.15) is 0 Å². The van der Waals surface area contributed by atoms with Crippen LogP contribution in [0.3, 0.4) is 0 Å². The number of aromatic nitrogens is 1. The van der Waals surface area contributed by atoms with Crippen LogP contribution in [-0.4, -0.2) is 19.7 Å². The molecule has 2 rings (SSSR count). The SMILES string of the molecule is CC(Nc1ccc(S(C)(=O)=O)cc1)c1ccncc1. The molecule has 0 aliphatic heterocycles. The predicted molar refractivity (Wildman–Crippen MR) is 75.8 cm³/mol. The fraction of sp³-hybridized carbons (Fsp3) is 0.214. The molecule has 5 heteroatoms. The number of sulfone groups is 1. The fourth-order valence-electron chi connectivity index (χ4n) is 1.78. The fourth-order valence-corrected chi connectivity index (χ4v) is 2.41. The maximum absolute atomic E-state index is 11.4. The Kier molecular flexibility index (Phi) is 3.85. The van der Waals surface area contributed by atoms with Crippen molar-refractivity contribution in [2.24, 2.45) is 0 Å². The Labute approximate surface area is 113 Å². The van der Waals surface area contributed by atoms with Crippen LogP contribution in [0.4, 0.5) is 5.69 Å². The van der Waals surface area contributed by atoms with Crippen LogP contribution in [0.2, 0.25) is 0 Å². The summed E-state index contributed by atoms with van der Waals surface area (Å²) in [5, 5.41) is 3.31. The highest BCUT2D eigenvalue weighted by atomic mass is 32.2. The Bertz CT molecular complexity index is 637. The van der Waals surface area contributed by atoms with Crippen LogP contribution in [0.25, 0.3) is 0 Å². The van der Waals surface area contributed by atoms with E-state index in [1.54, 1.807) is 36.7 Å². The van der Waals surface area contributed by atoms with Gasteiger partial charge in [0, 0.05) is 30.4 Å². The Morgan fingerprint density at radius 1 is 1.05 bits per heavy atom. The lowest BCUT2D eigenvalue weighted by Crippen LogP contribution is -2.06. The van der Waals surface area contributed by atoms with Crippen molar-refractivity contribution in [2.75, 3.05) is 11.6 Å². The van der Waals surface area contributed by atoms with Crippen LogP contribution in [0.5, 0.6) is 0 Å². The molecule has 0 bridgehead atoms. The van der Waals surface area contributed by atoms with E-state index in [1.807, 2.05) is 19.1 Å². The van der Waals surface area contributed by atoms with Crippen molar-refractivity contribution < 1.29 is 8.42 Å². The van der Waals surface area contributed by atoms with Crippen LogP contribution >= 0.6 is 0 Å². The topological polar surface area (TPSA) is 59.1 Å². The molecule has 0 saturated carbocycles. The van der Waals surface area contributed by atoms with Crippen molar-refractivity contribution in [1.82, 2.24) is 4.98 Å². The van der Waals surface area contributed by atoms with E-state index in [-0.39, 0.29) is 6.04 Å². The van der Waals surface area contributed by atoms with Gasteiger partial charge in [0.15, 0.2) is 9.84 Å². The monoisotopic (exact) mass is 276 g/mol. The average molecular weight is 276 g/mol. The third-order valence-corrected chi connectivity index (χ3v) is 4.00. The highest BCUT2D eigenvalue weighted by molar-refractivity contribution is 7.90. The third-order valence-electron chi connectivity index (χ3n) is 2.87. The summed E-state index contributed by atoms with van der Waals surface area (Å²) in [7, 11) is -3.14. The lowest BCUT2D eigenvalue weighted by Gasteiger charge is -2.15. The first-order valence-electron chi connectivity index (χ1n) is 5.93. The zero-order valence-corrected chi connectivity index (χ0v) is 11.7. The summed E-state index contributed by atoms with van der Waals surface area (Å²) in [5.41, 5.74) is 2.01. The van der Waals surface area contributed by atoms with E-state index in [4.69, 9.17) is 0 Å². The molecule has 4 nitrogen and oxygen atoms in total. The van der Waals surface area contributed by atoms with Crippen molar-refractivity contribution in [3.8, 4) is 0 Å². The van der Waals surface area contributed by atoms with Gasteiger partial charge in [-0.1, -0.05) is 0 Å². The van der Waals surface area contributed by atoms with E-state index < -0.39 is 9.84 Å². The van der Waals surface area contributed by atoms with Crippen molar-refractivity contribution in [3.63, 3.8) is 0 Å². The highest BCUT2D eigenvalue weighted by Gasteiger charge is 2.08. The molecule has 1 N–H and O–H groups in total. The second kappa shape index (κ2) is 5.40. The normalized spacial score (nSPS) is 12.9. The molecular formula is C14H16N2O2S. The van der Waals surface area contributed by atoms with Gasteiger partial charge < -0.3 is 5.32 Å². The molecule has 1 aromatic carbocycles. The summed E-state index contributed by atoms with van der Waals surface area (Å²) in [6.45, 7) is 2.04. The summed E-state index contributed by atoms with van der Waals surface area (Å²) in [6.07, 6.45) is 4.70. The minimum Gasteiger partial charge on any atom is -0.379 e. The smallest absolute Gasteiger partial charge is 0.175 e. The molecular weight excluding hydrogens is 260 g/mol. The quantitative estimate of drug-likeness (QED) is 0.932. The molecule has 1 atom stereocenters. The van der Waals surface area contributed by atoms with E-state index >= 15 is 0 Å². The van der Waals surface area contributed by atoms with E-state index in [0.29, 0.717) is 4.90 Å². The van der Waals surface area contributed by atoms with Crippen LogP contribution in [-0.2, 0) is 9.84 Å². The molecule has 2 aromatic rings. The predicted octanol–water partition coefficient (Wildman–Crippen LogP) is 2.66. The van der Waals surface area contributed by atoms with Crippen LogP contribution in [0.15, 0.2) is 53.7 Å². The molecule has 0 spiro atoms. The summed E-state index contributed by atoms with van der Waals surface area (Å²) in [4.78, 5) is 4.31. The number of pyridine rings is 1. The van der Waals surface area contributed by atoms with Crippen LogP contribution in [0, 0.1) is 0 Å². The zero-order chi connectivity index (χ0) is 13.9. The van der Waals surface area contributed by atoms with Gasteiger partial charge in [-0.2, -0.15) is 0 Å². The summed E-state index contributed by atoms with van der Waals surface area (Å²) in [6, 6.07) is 10.8. The highest BCUT2D eigenvalue weighted by Crippen LogP contribution is 2.20. The molecule has 0 saturated heterocycles. The van der Waals surface area contributed by atoms with Gasteiger partial charge >= 0.3 is 0 Å². The second-order valence-corrected chi connectivity index (χ2v) is 6.46. The molecule has 0 aliphatic rings. The Morgan fingerprint density at radius 2 is 1.63 bits per heavy atom. The van der Waals surface area contributed by atoms with E-state index in [1.165, 1.54) is 6.26 Å². The van der Waals surface area contributed by atoms with Crippen molar-refractivity contribution in [3.05, 3.63) is 54.4 Å². The van der Waals surface area contributed by atoms with Gasteiger partial charge in [-0.3, -0.25) is 4.98 Å². The standard InChI is InChI=1S/C14H16N2O2S/c1-11(12-7-9-15-10-8-12)16-13-3-5-14(6-4-13)19(2,17)18/h3-11,16H,1-2H3. The summed E-state index contributed by atoms with van der Waals surface area (Å²) in [5.74, 6) is 0. The first-order valence-corrected chi connectivity index (χ1v) is 7.82. The minimum atomic E-state index is -3.14. The van der Waals surface area contributed by atoms with Crippen LogP contribution < -0.4 is 5.32 Å². The third kappa shape index (κ3) is 3.54. The lowest BCUT2D eigenvalue weighted by atomic mass is 10.1. The van der Waals surface area contributed by atoms with E-state index in [9.17, 15) is 8.42 Å². The Hall–Kier alpha value is -1.88. The molecule has 100 valence electrons. The van der Waals surface area contributed by atoms with Crippen molar-refractivity contribution >= 4 is 15.5 Å². The van der Waals surface area contributed by atoms with Gasteiger partial charge in [0.05, 0.1) is 4.90 Å². The number of hydrogen-bond donors (Lipinski definition) is 1. The van der Waals surface area contributed by atoms with Crippen molar-refractivity contribution in [2.45, 2.75) is 17.9 Å². The van der Waals surface area contributed by atoms with Gasteiger partial charge in [0.25, 0.3) is 0 Å². The number of rotatable bonds is 4. The maximum atomic E-state index is 11.4. The zero-order valence-electron chi connectivity index (χ0n) is 10.9. The Balaban J connectivity index is 2.12. The maximum Gasteiger partial charge on any atom is 0.175 e. The van der Waals surface area contributed by atoms with Gasteiger partial charge in [-0.05, 0) is 48.9 Å². The van der Waals surface area contributed by atoms with E-state index in [0.717, 1.165) is 11.3 Å². The molecule has 19 heavy (non-hydrogen) atoms. The minimum absolute atomic E-state index is 0.132. The first kappa shape index (κ1) is 13.5. The average Bonchev–Trinajstić information content (AvgIpc) is 2.39. The lowest BCUT2D eigenvalue weighted by molar-refractivity contribution is 0.602. The molecule has 1 aromatic heterocycles. The van der Waals surface area contributed by atoms with Gasteiger partial charge in [-0.25, -0.2) is 8.42 Å². The van der Waals surface area contributed by atoms with E-state index in [2.05, 4.69) is 10.3 Å². The molecule has 0 aliphatic carbocycles. The molecule has 0 fully saturated rings. The number of anilines is 1. The molecule has 0 amide bonds. The second-order valence-electron chi connectivity index (χ2n) is 4.44. The first-order chi connectivity index (χ1) is 8.97. The van der Waals surface area contributed by atoms with Crippen molar-refractivity contribution in [1.29, 1.82) is 0 Å². The molecule has 1 heterocycles. The number of nitrogens with zero attached hydrogens (tertiary/aromatic N) is 1. The van der Waals surface area contributed by atoms with Gasteiger partial charge in [-0.15, -0.1) is 0 Å². The largest absolute Gasteiger partial charge is 0.379 e.